The molecule has 0 bridgehead atoms. The molecule has 0 saturated heterocycles. The molecule has 0 amide bonds. The Morgan fingerprint density at radius 2 is 1.55 bits per heavy atom. The van der Waals surface area contributed by atoms with Gasteiger partial charge in [0.2, 0.25) is 5.52 Å². The number of hydrogen-bond acceptors (Lipinski definition) is 0. The lowest BCUT2D eigenvalue weighted by Crippen LogP contribution is -2.34. The lowest BCUT2D eigenvalue weighted by Gasteiger charge is -1.99. The Kier molecular flexibility index (Phi) is 2.52. The van der Waals surface area contributed by atoms with E-state index < -0.39 is 0 Å². The summed E-state index contributed by atoms with van der Waals surface area (Å²) < 4.78 is 2.28. The third-order valence-corrected chi connectivity index (χ3v) is 3.71. The normalized spacial score (nSPS) is 11.2. The number of benzene rings is 2. The van der Waals surface area contributed by atoms with Crippen LogP contribution in [-0.2, 0) is 6.54 Å². The Morgan fingerprint density at radius 1 is 0.800 bits per heavy atom. The first-order valence-electron chi connectivity index (χ1n) is 6.84. The average molecular weight is 259 g/mol. The Balaban J connectivity index is 1.80. The number of pyridine rings is 1. The van der Waals surface area contributed by atoms with Gasteiger partial charge >= 0.3 is 0 Å². The van der Waals surface area contributed by atoms with Gasteiger partial charge in [-0.2, -0.15) is 4.57 Å². The first-order chi connectivity index (χ1) is 9.90. The zero-order chi connectivity index (χ0) is 13.4. The second kappa shape index (κ2) is 4.49. The highest BCUT2D eigenvalue weighted by atomic mass is 15.0. The van der Waals surface area contributed by atoms with Crippen molar-refractivity contribution in [2.75, 3.05) is 0 Å². The van der Waals surface area contributed by atoms with Crippen LogP contribution in [0, 0.1) is 0 Å². The molecule has 1 N–H and O–H groups in total. The highest BCUT2D eigenvalue weighted by Crippen LogP contribution is 2.15. The van der Waals surface area contributed by atoms with Crippen LogP contribution < -0.4 is 4.57 Å². The molecule has 4 rings (SSSR count). The predicted octanol–water partition coefficient (Wildman–Crippen LogP) is 3.66. The van der Waals surface area contributed by atoms with Crippen LogP contribution >= 0.6 is 0 Å². The fourth-order valence-corrected chi connectivity index (χ4v) is 2.76. The summed E-state index contributed by atoms with van der Waals surface area (Å²) in [6.07, 6.45) is 2.13. The molecular formula is C18H15N2+. The third kappa shape index (κ3) is 1.86. The number of H-pyrrole nitrogens is 1. The van der Waals surface area contributed by atoms with Crippen molar-refractivity contribution in [2.45, 2.75) is 6.54 Å². The molecule has 20 heavy (non-hydrogen) atoms. The van der Waals surface area contributed by atoms with E-state index in [0.717, 1.165) is 6.54 Å². The van der Waals surface area contributed by atoms with Crippen molar-refractivity contribution in [3.63, 3.8) is 0 Å². The van der Waals surface area contributed by atoms with Crippen LogP contribution in [0.3, 0.4) is 0 Å². The molecule has 0 aliphatic rings. The highest BCUT2D eigenvalue weighted by molar-refractivity contribution is 5.80. The SMILES string of the molecule is c1ccc2[nH]c(C[n+]3cccc4ccccc43)cc2c1. The molecule has 0 spiro atoms. The van der Waals surface area contributed by atoms with Crippen LogP contribution in [0.5, 0.6) is 0 Å². The summed E-state index contributed by atoms with van der Waals surface area (Å²) in [7, 11) is 0. The van der Waals surface area contributed by atoms with E-state index in [1.165, 1.54) is 27.5 Å². The van der Waals surface area contributed by atoms with Gasteiger partial charge in [0.1, 0.15) is 0 Å². The summed E-state index contributed by atoms with van der Waals surface area (Å²) in [5.41, 5.74) is 3.68. The van der Waals surface area contributed by atoms with E-state index >= 15 is 0 Å². The van der Waals surface area contributed by atoms with Gasteiger partial charge in [-0.05, 0) is 29.7 Å². The van der Waals surface area contributed by atoms with Crippen LogP contribution in [0.25, 0.3) is 21.8 Å². The zero-order valence-electron chi connectivity index (χ0n) is 11.1. The average Bonchev–Trinajstić information content (AvgIpc) is 2.90. The smallest absolute Gasteiger partial charge is 0.212 e. The number of nitrogens with one attached hydrogen (secondary N) is 1. The van der Waals surface area contributed by atoms with Crippen LogP contribution in [0.15, 0.2) is 72.9 Å². The molecule has 0 atom stereocenters. The van der Waals surface area contributed by atoms with Crippen LogP contribution in [0.4, 0.5) is 0 Å². The molecule has 2 heterocycles. The maximum absolute atomic E-state index is 3.49. The summed E-state index contributed by atoms with van der Waals surface area (Å²) in [5.74, 6) is 0. The minimum atomic E-state index is 0.857. The fourth-order valence-electron chi connectivity index (χ4n) is 2.76. The third-order valence-electron chi connectivity index (χ3n) is 3.71. The van der Waals surface area contributed by atoms with Crippen LogP contribution in [-0.4, -0.2) is 4.98 Å². The van der Waals surface area contributed by atoms with Crippen molar-refractivity contribution in [1.29, 1.82) is 0 Å². The van der Waals surface area contributed by atoms with Crippen LogP contribution in [0.2, 0.25) is 0 Å². The van der Waals surface area contributed by atoms with E-state index in [-0.39, 0.29) is 0 Å². The Hall–Kier alpha value is -2.61. The van der Waals surface area contributed by atoms with Crippen molar-refractivity contribution in [2.24, 2.45) is 0 Å². The Morgan fingerprint density at radius 3 is 2.45 bits per heavy atom. The first-order valence-corrected chi connectivity index (χ1v) is 6.84. The van der Waals surface area contributed by atoms with E-state index in [0.29, 0.717) is 0 Å². The predicted molar refractivity (Wildman–Crippen MR) is 81.5 cm³/mol. The van der Waals surface area contributed by atoms with Gasteiger partial charge in [0.15, 0.2) is 12.7 Å². The molecule has 0 unspecified atom stereocenters. The summed E-state index contributed by atoms with van der Waals surface area (Å²) in [5, 5.41) is 2.54. The van der Waals surface area contributed by atoms with Crippen molar-refractivity contribution in [3.05, 3.63) is 78.6 Å². The molecule has 2 heteroatoms. The fraction of sp³-hybridized carbons (Fsp3) is 0.0556. The van der Waals surface area contributed by atoms with Crippen molar-refractivity contribution >= 4 is 21.8 Å². The number of rotatable bonds is 2. The lowest BCUT2D eigenvalue weighted by molar-refractivity contribution is -0.662. The summed E-state index contributed by atoms with van der Waals surface area (Å²) in [6.45, 7) is 0.857. The number of para-hydroxylation sites is 2. The second-order valence-electron chi connectivity index (χ2n) is 5.08. The maximum atomic E-state index is 3.49. The summed E-state index contributed by atoms with van der Waals surface area (Å²) >= 11 is 0. The molecular weight excluding hydrogens is 244 g/mol. The molecule has 0 aliphatic heterocycles. The summed E-state index contributed by atoms with van der Waals surface area (Å²) in [4.78, 5) is 3.49. The molecule has 2 aromatic carbocycles. The standard InChI is InChI=1S/C18H15N2/c1-3-9-17-15(7-1)12-16(19-17)13-20-11-5-8-14-6-2-4-10-18(14)20/h1-12,19H,13H2/q+1. The van der Waals surface area contributed by atoms with E-state index in [2.05, 4.69) is 82.5 Å². The van der Waals surface area contributed by atoms with Gasteiger partial charge in [-0.15, -0.1) is 0 Å². The largest absolute Gasteiger partial charge is 0.353 e. The number of aromatic amines is 1. The monoisotopic (exact) mass is 259 g/mol. The zero-order valence-corrected chi connectivity index (χ0v) is 11.1. The topological polar surface area (TPSA) is 19.7 Å². The molecule has 0 aliphatic carbocycles. The van der Waals surface area contributed by atoms with Crippen molar-refractivity contribution in [3.8, 4) is 0 Å². The molecule has 0 saturated carbocycles. The van der Waals surface area contributed by atoms with E-state index in [9.17, 15) is 0 Å². The maximum Gasteiger partial charge on any atom is 0.212 e. The van der Waals surface area contributed by atoms with Crippen molar-refractivity contribution < 1.29 is 4.57 Å². The number of aromatic nitrogens is 2. The first kappa shape index (κ1) is 11.2. The number of nitrogens with zero attached hydrogens (tertiary/aromatic N) is 1. The van der Waals surface area contributed by atoms with Gasteiger partial charge in [-0.3, -0.25) is 0 Å². The molecule has 0 radical (unpaired) electrons. The second-order valence-corrected chi connectivity index (χ2v) is 5.08. The van der Waals surface area contributed by atoms with Gasteiger partial charge in [-0.1, -0.05) is 30.3 Å². The van der Waals surface area contributed by atoms with E-state index in [1.54, 1.807) is 0 Å². The number of fused-ring (bicyclic) bond motifs is 2. The molecule has 0 fully saturated rings. The van der Waals surface area contributed by atoms with Gasteiger partial charge in [0.25, 0.3) is 0 Å². The summed E-state index contributed by atoms with van der Waals surface area (Å²) in [6, 6.07) is 23.4. The number of hydrogen-bond donors (Lipinski definition) is 1. The molecule has 4 aromatic rings. The molecule has 96 valence electrons. The lowest BCUT2D eigenvalue weighted by atomic mass is 10.2. The quantitative estimate of drug-likeness (QED) is 0.530. The van der Waals surface area contributed by atoms with Gasteiger partial charge in [-0.25, -0.2) is 0 Å². The molecule has 2 aromatic heterocycles. The minimum absolute atomic E-state index is 0.857. The van der Waals surface area contributed by atoms with Crippen LogP contribution in [0.1, 0.15) is 5.69 Å². The Bertz CT molecular complexity index is 852. The van der Waals surface area contributed by atoms with Crippen molar-refractivity contribution in [1.82, 2.24) is 4.98 Å². The van der Waals surface area contributed by atoms with Gasteiger partial charge < -0.3 is 4.98 Å². The van der Waals surface area contributed by atoms with Gasteiger partial charge in [0.05, 0.1) is 5.69 Å². The Labute approximate surface area is 117 Å². The van der Waals surface area contributed by atoms with E-state index in [4.69, 9.17) is 0 Å². The van der Waals surface area contributed by atoms with E-state index in [1.807, 2.05) is 0 Å². The molecule has 2 nitrogen and oxygen atoms in total. The van der Waals surface area contributed by atoms with Gasteiger partial charge in [0, 0.05) is 23.0 Å². The highest BCUT2D eigenvalue weighted by Gasteiger charge is 2.10. The minimum Gasteiger partial charge on any atom is -0.353 e.